The van der Waals surface area contributed by atoms with Crippen molar-refractivity contribution >= 4 is 0 Å². The normalized spacial score (nSPS) is 24.8. The van der Waals surface area contributed by atoms with Crippen molar-refractivity contribution in [3.8, 4) is 0 Å². The Hall–Kier alpha value is -0.260. The molecule has 0 amide bonds. The van der Waals surface area contributed by atoms with Crippen molar-refractivity contribution in [3.05, 3.63) is 12.2 Å². The van der Waals surface area contributed by atoms with E-state index in [1.165, 1.54) is 57.8 Å². The maximum atomic E-state index is 2.48. The molecule has 0 aliphatic heterocycles. The molecule has 1 aliphatic carbocycles. The van der Waals surface area contributed by atoms with Crippen LogP contribution < -0.4 is 0 Å². The van der Waals surface area contributed by atoms with Gasteiger partial charge in [-0.15, -0.1) is 0 Å². The first-order valence-electron chi connectivity index (χ1n) is 10.6. The van der Waals surface area contributed by atoms with E-state index in [4.69, 9.17) is 0 Å². The highest BCUT2D eigenvalue weighted by Crippen LogP contribution is 2.44. The Morgan fingerprint density at radius 2 is 1.25 bits per heavy atom. The van der Waals surface area contributed by atoms with Crippen LogP contribution in [0.2, 0.25) is 0 Å². The van der Waals surface area contributed by atoms with Gasteiger partial charge in [-0.3, -0.25) is 0 Å². The zero-order chi connectivity index (χ0) is 18.4. The Morgan fingerprint density at radius 3 is 1.58 bits per heavy atom. The molecule has 0 aromatic heterocycles. The Balaban J connectivity index is 2.55. The largest absolute Gasteiger partial charge is 0.0885 e. The van der Waals surface area contributed by atoms with Gasteiger partial charge in [-0.1, -0.05) is 80.4 Å². The molecular weight excluding hydrogens is 288 g/mol. The summed E-state index contributed by atoms with van der Waals surface area (Å²) >= 11 is 0. The van der Waals surface area contributed by atoms with E-state index >= 15 is 0 Å². The molecule has 0 heterocycles. The third-order valence-electron chi connectivity index (χ3n) is 5.82. The summed E-state index contributed by atoms with van der Waals surface area (Å²) in [6.45, 7) is 19.3. The van der Waals surface area contributed by atoms with Crippen molar-refractivity contribution < 1.29 is 0 Å². The molecule has 1 rings (SSSR count). The smallest absolute Gasteiger partial charge is 0.0260 e. The van der Waals surface area contributed by atoms with Crippen LogP contribution in [-0.2, 0) is 0 Å². The first kappa shape index (κ1) is 21.8. The lowest BCUT2D eigenvalue weighted by Gasteiger charge is -2.38. The maximum absolute atomic E-state index is 2.48. The van der Waals surface area contributed by atoms with Crippen LogP contribution in [0.5, 0.6) is 0 Å². The molecule has 2 atom stereocenters. The van der Waals surface area contributed by atoms with E-state index in [2.05, 4.69) is 67.5 Å². The monoisotopic (exact) mass is 334 g/mol. The fourth-order valence-electron chi connectivity index (χ4n) is 4.92. The summed E-state index contributed by atoms with van der Waals surface area (Å²) in [5.41, 5.74) is 1.55. The minimum absolute atomic E-state index is 0.472. The van der Waals surface area contributed by atoms with E-state index in [0.29, 0.717) is 16.2 Å². The molecule has 142 valence electrons. The van der Waals surface area contributed by atoms with Gasteiger partial charge in [0.05, 0.1) is 0 Å². The quantitative estimate of drug-likeness (QED) is 0.391. The summed E-state index contributed by atoms with van der Waals surface area (Å²) in [7, 11) is 0. The minimum Gasteiger partial charge on any atom is -0.0885 e. The summed E-state index contributed by atoms with van der Waals surface area (Å²) in [4.78, 5) is 0. The van der Waals surface area contributed by atoms with Crippen LogP contribution in [0.25, 0.3) is 0 Å². The standard InChI is InChI=1S/C24H46/c1-20(18-22(3,4)5)12-16-24(14-10-9-11-15-24)17-13-21(2)19-23(6,7)8/h9-10,20-21H,11-19H2,1-8H3. The second-order valence-electron chi connectivity index (χ2n) is 11.5. The Labute approximate surface area is 153 Å². The second kappa shape index (κ2) is 8.91. The molecule has 0 heteroatoms. The molecule has 0 saturated heterocycles. The van der Waals surface area contributed by atoms with Crippen molar-refractivity contribution in [2.24, 2.45) is 28.1 Å². The molecule has 0 bridgehead atoms. The topological polar surface area (TPSA) is 0 Å². The summed E-state index contributed by atoms with van der Waals surface area (Å²) in [6, 6.07) is 0. The summed E-state index contributed by atoms with van der Waals surface area (Å²) in [5.74, 6) is 1.72. The van der Waals surface area contributed by atoms with Crippen LogP contribution in [-0.4, -0.2) is 0 Å². The fourth-order valence-corrected chi connectivity index (χ4v) is 4.92. The Morgan fingerprint density at radius 1 is 0.792 bits per heavy atom. The zero-order valence-electron chi connectivity index (χ0n) is 18.2. The average molecular weight is 335 g/mol. The van der Waals surface area contributed by atoms with Crippen LogP contribution in [0.15, 0.2) is 12.2 Å². The van der Waals surface area contributed by atoms with Gasteiger partial charge in [-0.25, -0.2) is 0 Å². The minimum atomic E-state index is 0.472. The van der Waals surface area contributed by atoms with Gasteiger partial charge in [0.1, 0.15) is 0 Å². The highest BCUT2D eigenvalue weighted by atomic mass is 14.4. The van der Waals surface area contributed by atoms with E-state index in [0.717, 1.165) is 11.8 Å². The molecular formula is C24H46. The van der Waals surface area contributed by atoms with E-state index in [-0.39, 0.29) is 0 Å². The van der Waals surface area contributed by atoms with E-state index < -0.39 is 0 Å². The molecule has 0 saturated carbocycles. The third kappa shape index (κ3) is 9.28. The highest BCUT2D eigenvalue weighted by molar-refractivity contribution is 4.98. The third-order valence-corrected chi connectivity index (χ3v) is 5.82. The predicted octanol–water partition coefficient (Wildman–Crippen LogP) is 8.42. The van der Waals surface area contributed by atoms with E-state index in [1.807, 2.05) is 0 Å². The molecule has 0 spiro atoms. The average Bonchev–Trinajstić information content (AvgIpc) is 2.41. The van der Waals surface area contributed by atoms with Crippen molar-refractivity contribution in [2.45, 2.75) is 113 Å². The summed E-state index contributed by atoms with van der Waals surface area (Å²) in [6.07, 6.45) is 17.4. The molecule has 0 fully saturated rings. The lowest BCUT2D eigenvalue weighted by Crippen LogP contribution is -2.25. The van der Waals surface area contributed by atoms with Gasteiger partial charge in [0.15, 0.2) is 0 Å². The first-order valence-corrected chi connectivity index (χ1v) is 10.6. The van der Waals surface area contributed by atoms with Crippen LogP contribution in [0, 0.1) is 28.1 Å². The molecule has 24 heavy (non-hydrogen) atoms. The number of hydrogen-bond donors (Lipinski definition) is 0. The SMILES string of the molecule is CC(CCC1(CCC(C)CC(C)(C)C)CC=CCC1)CC(C)(C)C. The van der Waals surface area contributed by atoms with Gasteiger partial charge in [0, 0.05) is 0 Å². The van der Waals surface area contributed by atoms with Gasteiger partial charge in [0.25, 0.3) is 0 Å². The molecule has 0 radical (unpaired) electrons. The Bertz CT molecular complexity index is 348. The van der Waals surface area contributed by atoms with Crippen LogP contribution >= 0.6 is 0 Å². The molecule has 0 nitrogen and oxygen atoms in total. The van der Waals surface area contributed by atoms with Gasteiger partial charge in [0.2, 0.25) is 0 Å². The number of rotatable bonds is 8. The van der Waals surface area contributed by atoms with Gasteiger partial charge >= 0.3 is 0 Å². The van der Waals surface area contributed by atoms with Gasteiger partial charge in [-0.05, 0) is 73.0 Å². The lowest BCUT2D eigenvalue weighted by atomic mass is 9.67. The Kier molecular flexibility index (Phi) is 8.08. The van der Waals surface area contributed by atoms with Crippen LogP contribution in [0.3, 0.4) is 0 Å². The fraction of sp³-hybridized carbons (Fsp3) is 0.917. The molecule has 1 aliphatic rings. The van der Waals surface area contributed by atoms with E-state index in [1.54, 1.807) is 0 Å². The van der Waals surface area contributed by atoms with Crippen molar-refractivity contribution in [1.29, 1.82) is 0 Å². The molecule has 2 unspecified atom stereocenters. The summed E-state index contributed by atoms with van der Waals surface area (Å²) < 4.78 is 0. The lowest BCUT2D eigenvalue weighted by molar-refractivity contribution is 0.163. The second-order valence-corrected chi connectivity index (χ2v) is 11.5. The van der Waals surface area contributed by atoms with Gasteiger partial charge < -0.3 is 0 Å². The zero-order valence-corrected chi connectivity index (χ0v) is 18.2. The predicted molar refractivity (Wildman–Crippen MR) is 110 cm³/mol. The molecule has 0 N–H and O–H groups in total. The van der Waals surface area contributed by atoms with Crippen LogP contribution in [0.1, 0.15) is 113 Å². The highest BCUT2D eigenvalue weighted by Gasteiger charge is 2.31. The van der Waals surface area contributed by atoms with Crippen molar-refractivity contribution in [1.82, 2.24) is 0 Å². The first-order chi connectivity index (χ1) is 10.9. The maximum Gasteiger partial charge on any atom is -0.0260 e. The van der Waals surface area contributed by atoms with E-state index in [9.17, 15) is 0 Å². The molecule has 0 aromatic rings. The van der Waals surface area contributed by atoms with Crippen molar-refractivity contribution in [2.75, 3.05) is 0 Å². The van der Waals surface area contributed by atoms with Gasteiger partial charge in [-0.2, -0.15) is 0 Å². The molecule has 0 aromatic carbocycles. The van der Waals surface area contributed by atoms with Crippen molar-refractivity contribution in [3.63, 3.8) is 0 Å². The number of hydrogen-bond acceptors (Lipinski definition) is 0. The number of allylic oxidation sites excluding steroid dienone is 2. The van der Waals surface area contributed by atoms with Crippen LogP contribution in [0.4, 0.5) is 0 Å². The summed E-state index contributed by atoms with van der Waals surface area (Å²) in [5, 5.41) is 0.